The SMILES string of the molecule is COc1cc(OC)cc(C(NC2CCCCC2)C(N)=O)c1. The molecule has 0 spiro atoms. The van der Waals surface area contributed by atoms with Gasteiger partial charge in [-0.15, -0.1) is 0 Å². The monoisotopic (exact) mass is 292 g/mol. The summed E-state index contributed by atoms with van der Waals surface area (Å²) in [4.78, 5) is 11.9. The van der Waals surface area contributed by atoms with Crippen molar-refractivity contribution < 1.29 is 14.3 Å². The summed E-state index contributed by atoms with van der Waals surface area (Å²) in [6.45, 7) is 0. The van der Waals surface area contributed by atoms with Crippen LogP contribution in [-0.4, -0.2) is 26.2 Å². The number of nitrogens with one attached hydrogen (secondary N) is 1. The quantitative estimate of drug-likeness (QED) is 0.842. The molecule has 1 atom stereocenters. The molecule has 1 saturated carbocycles. The van der Waals surface area contributed by atoms with Gasteiger partial charge in [-0.2, -0.15) is 0 Å². The second kappa shape index (κ2) is 7.31. The molecule has 1 aromatic rings. The third kappa shape index (κ3) is 4.11. The highest BCUT2D eigenvalue weighted by molar-refractivity contribution is 5.81. The van der Waals surface area contributed by atoms with Crippen LogP contribution in [0.5, 0.6) is 11.5 Å². The molecule has 0 bridgehead atoms. The van der Waals surface area contributed by atoms with Gasteiger partial charge in [-0.3, -0.25) is 10.1 Å². The summed E-state index contributed by atoms with van der Waals surface area (Å²) in [5.41, 5.74) is 6.37. The van der Waals surface area contributed by atoms with Crippen LogP contribution in [0.25, 0.3) is 0 Å². The maximum absolute atomic E-state index is 11.9. The summed E-state index contributed by atoms with van der Waals surface area (Å²) in [6.07, 6.45) is 5.84. The van der Waals surface area contributed by atoms with Crippen LogP contribution < -0.4 is 20.5 Å². The summed E-state index contributed by atoms with van der Waals surface area (Å²) >= 11 is 0. The fourth-order valence-corrected chi connectivity index (χ4v) is 2.84. The summed E-state index contributed by atoms with van der Waals surface area (Å²) in [5, 5.41) is 3.39. The van der Waals surface area contributed by atoms with E-state index in [0.29, 0.717) is 17.5 Å². The highest BCUT2D eigenvalue weighted by atomic mass is 16.5. The van der Waals surface area contributed by atoms with Gasteiger partial charge in [0.05, 0.1) is 14.2 Å². The molecular formula is C16H24N2O3. The summed E-state index contributed by atoms with van der Waals surface area (Å²) < 4.78 is 10.5. The molecule has 5 heteroatoms. The third-order valence-corrected chi connectivity index (χ3v) is 4.00. The highest BCUT2D eigenvalue weighted by Gasteiger charge is 2.24. The van der Waals surface area contributed by atoms with Gasteiger partial charge < -0.3 is 15.2 Å². The Labute approximate surface area is 125 Å². The maximum atomic E-state index is 11.9. The minimum absolute atomic E-state index is 0.341. The van der Waals surface area contributed by atoms with E-state index in [1.165, 1.54) is 19.3 Å². The predicted octanol–water partition coefficient (Wildman–Crippen LogP) is 2.15. The molecule has 1 amide bonds. The van der Waals surface area contributed by atoms with Crippen molar-refractivity contribution in [2.45, 2.75) is 44.2 Å². The first-order valence-corrected chi connectivity index (χ1v) is 7.42. The number of primary amides is 1. The smallest absolute Gasteiger partial charge is 0.239 e. The molecule has 1 aromatic carbocycles. The first-order valence-electron chi connectivity index (χ1n) is 7.42. The van der Waals surface area contributed by atoms with E-state index in [4.69, 9.17) is 15.2 Å². The van der Waals surface area contributed by atoms with Gasteiger partial charge in [0.25, 0.3) is 0 Å². The molecule has 0 aliphatic heterocycles. The Morgan fingerprint density at radius 1 is 1.14 bits per heavy atom. The van der Waals surface area contributed by atoms with E-state index < -0.39 is 6.04 Å². The number of carbonyl (C=O) groups is 1. The third-order valence-electron chi connectivity index (χ3n) is 4.00. The Morgan fingerprint density at radius 3 is 2.19 bits per heavy atom. The van der Waals surface area contributed by atoms with E-state index in [-0.39, 0.29) is 5.91 Å². The number of rotatable bonds is 6. The Kier molecular flexibility index (Phi) is 5.44. The van der Waals surface area contributed by atoms with Crippen LogP contribution in [0.15, 0.2) is 18.2 Å². The van der Waals surface area contributed by atoms with Crippen molar-refractivity contribution in [2.75, 3.05) is 14.2 Å². The Balaban J connectivity index is 2.22. The lowest BCUT2D eigenvalue weighted by Crippen LogP contribution is -2.41. The van der Waals surface area contributed by atoms with E-state index in [1.807, 2.05) is 12.1 Å². The van der Waals surface area contributed by atoms with Crippen LogP contribution in [0.3, 0.4) is 0 Å². The van der Waals surface area contributed by atoms with Crippen molar-refractivity contribution in [3.05, 3.63) is 23.8 Å². The molecule has 0 radical (unpaired) electrons. The van der Waals surface area contributed by atoms with Crippen molar-refractivity contribution in [3.63, 3.8) is 0 Å². The number of nitrogens with two attached hydrogens (primary N) is 1. The van der Waals surface area contributed by atoms with Crippen LogP contribution >= 0.6 is 0 Å². The minimum atomic E-state index is -0.517. The lowest BCUT2D eigenvalue weighted by molar-refractivity contribution is -0.120. The first kappa shape index (κ1) is 15.6. The normalized spacial score (nSPS) is 17.2. The van der Waals surface area contributed by atoms with E-state index in [0.717, 1.165) is 18.4 Å². The first-order chi connectivity index (χ1) is 10.1. The standard InChI is InChI=1S/C16H24N2O3/c1-20-13-8-11(9-14(10-13)21-2)15(16(17)19)18-12-6-4-3-5-7-12/h8-10,12,15,18H,3-7H2,1-2H3,(H2,17,19). The molecule has 116 valence electrons. The van der Waals surface area contributed by atoms with E-state index in [9.17, 15) is 4.79 Å². The highest BCUT2D eigenvalue weighted by Crippen LogP contribution is 2.28. The Morgan fingerprint density at radius 2 is 1.71 bits per heavy atom. The van der Waals surface area contributed by atoms with Crippen molar-refractivity contribution in [2.24, 2.45) is 5.73 Å². The number of benzene rings is 1. The number of carbonyl (C=O) groups excluding carboxylic acids is 1. The second-order valence-electron chi connectivity index (χ2n) is 5.48. The lowest BCUT2D eigenvalue weighted by atomic mass is 9.93. The van der Waals surface area contributed by atoms with Gasteiger partial charge in [0.2, 0.25) is 5.91 Å². The van der Waals surface area contributed by atoms with Crippen LogP contribution in [-0.2, 0) is 4.79 Å². The maximum Gasteiger partial charge on any atom is 0.239 e. The Bertz CT molecular complexity index is 462. The van der Waals surface area contributed by atoms with Crippen molar-refractivity contribution in [3.8, 4) is 11.5 Å². The lowest BCUT2D eigenvalue weighted by Gasteiger charge is -2.27. The molecule has 1 unspecified atom stereocenters. The van der Waals surface area contributed by atoms with Gasteiger partial charge in [0, 0.05) is 12.1 Å². The molecule has 5 nitrogen and oxygen atoms in total. The minimum Gasteiger partial charge on any atom is -0.497 e. The zero-order valence-corrected chi connectivity index (χ0v) is 12.7. The topological polar surface area (TPSA) is 73.6 Å². The molecule has 0 heterocycles. The molecule has 1 aliphatic rings. The number of ether oxygens (including phenoxy) is 2. The van der Waals surface area contributed by atoms with Crippen molar-refractivity contribution >= 4 is 5.91 Å². The fourth-order valence-electron chi connectivity index (χ4n) is 2.84. The predicted molar refractivity (Wildman–Crippen MR) is 81.5 cm³/mol. The molecule has 1 fully saturated rings. The zero-order valence-electron chi connectivity index (χ0n) is 12.7. The van der Waals surface area contributed by atoms with Crippen molar-refractivity contribution in [1.82, 2.24) is 5.32 Å². The largest absolute Gasteiger partial charge is 0.497 e. The summed E-state index contributed by atoms with van der Waals surface area (Å²) in [5.74, 6) is 0.929. The summed E-state index contributed by atoms with van der Waals surface area (Å²) in [7, 11) is 3.18. The fraction of sp³-hybridized carbons (Fsp3) is 0.562. The summed E-state index contributed by atoms with van der Waals surface area (Å²) in [6, 6.07) is 5.26. The van der Waals surface area contributed by atoms with Gasteiger partial charge in [-0.25, -0.2) is 0 Å². The molecule has 1 aliphatic carbocycles. The van der Waals surface area contributed by atoms with E-state index >= 15 is 0 Å². The Hall–Kier alpha value is -1.75. The van der Waals surface area contributed by atoms with Gasteiger partial charge in [0.15, 0.2) is 0 Å². The van der Waals surface area contributed by atoms with Crippen LogP contribution in [0.1, 0.15) is 43.7 Å². The number of hydrogen-bond acceptors (Lipinski definition) is 4. The molecule has 3 N–H and O–H groups in total. The van der Waals surface area contributed by atoms with Gasteiger partial charge >= 0.3 is 0 Å². The molecule has 2 rings (SSSR count). The van der Waals surface area contributed by atoms with Gasteiger partial charge in [-0.05, 0) is 30.5 Å². The average Bonchev–Trinajstić information content (AvgIpc) is 2.52. The average molecular weight is 292 g/mol. The van der Waals surface area contributed by atoms with Gasteiger partial charge in [0.1, 0.15) is 17.5 Å². The molecule has 0 saturated heterocycles. The number of hydrogen-bond donors (Lipinski definition) is 2. The van der Waals surface area contributed by atoms with E-state index in [2.05, 4.69) is 5.32 Å². The zero-order chi connectivity index (χ0) is 15.2. The molecule has 0 aromatic heterocycles. The van der Waals surface area contributed by atoms with Gasteiger partial charge in [-0.1, -0.05) is 19.3 Å². The van der Waals surface area contributed by atoms with Crippen LogP contribution in [0.2, 0.25) is 0 Å². The number of methoxy groups -OCH3 is 2. The number of amides is 1. The van der Waals surface area contributed by atoms with E-state index in [1.54, 1.807) is 20.3 Å². The van der Waals surface area contributed by atoms with Crippen LogP contribution in [0, 0.1) is 0 Å². The molecule has 21 heavy (non-hydrogen) atoms. The second-order valence-corrected chi connectivity index (χ2v) is 5.48. The molecular weight excluding hydrogens is 268 g/mol. The van der Waals surface area contributed by atoms with Crippen molar-refractivity contribution in [1.29, 1.82) is 0 Å². The van der Waals surface area contributed by atoms with Crippen LogP contribution in [0.4, 0.5) is 0 Å².